The molecule has 6 aromatic rings. The fourth-order valence-electron chi connectivity index (χ4n) is 12.3. The fourth-order valence-corrected chi connectivity index (χ4v) is 12.3. The SMILES string of the molecule is Cc1cc2c3c(c1)N(c1ccc(C(C)(C)C)cc1-c1ccc(C(C)(C)C)cc1)c1c(oc4c1C(C)(C)CCC4(C)C)B3c1ccc3c(c1N2c1ccc(C(C)(C)C)cc1)C(C)(C)CCC3(C)C. The number of fused-ring (bicyclic) bond motifs is 8. The average Bonchev–Trinajstić information content (AvgIpc) is 3.66. The number of furan rings is 1. The summed E-state index contributed by atoms with van der Waals surface area (Å²) in [7, 11) is 0. The van der Waals surface area contributed by atoms with Crippen LogP contribution in [-0.2, 0) is 37.9 Å². The van der Waals surface area contributed by atoms with Gasteiger partial charge in [-0.05, 0) is 151 Å². The highest BCUT2D eigenvalue weighted by Gasteiger charge is 2.54. The first-order valence-electron chi connectivity index (χ1n) is 25.5. The molecule has 5 aromatic carbocycles. The second kappa shape index (κ2) is 14.5. The van der Waals surface area contributed by atoms with Gasteiger partial charge in [0.2, 0.25) is 0 Å². The van der Waals surface area contributed by atoms with E-state index < -0.39 is 0 Å². The number of rotatable bonds is 3. The summed E-state index contributed by atoms with van der Waals surface area (Å²) in [5.41, 5.74) is 23.3. The van der Waals surface area contributed by atoms with E-state index in [0.29, 0.717) is 0 Å². The Labute approximate surface area is 404 Å². The van der Waals surface area contributed by atoms with E-state index in [-0.39, 0.29) is 44.6 Å². The second-order valence-electron chi connectivity index (χ2n) is 26.9. The summed E-state index contributed by atoms with van der Waals surface area (Å²) in [6.45, 7) is 42.8. The highest BCUT2D eigenvalue weighted by molar-refractivity contribution is 6.99. The smallest absolute Gasteiger partial charge is 0.297 e. The van der Waals surface area contributed by atoms with Gasteiger partial charge in [-0.3, -0.25) is 0 Å². The van der Waals surface area contributed by atoms with Crippen molar-refractivity contribution in [3.63, 3.8) is 0 Å². The van der Waals surface area contributed by atoms with Gasteiger partial charge in [-0.25, -0.2) is 0 Å². The molecule has 0 atom stereocenters. The second-order valence-corrected chi connectivity index (χ2v) is 26.9. The molecule has 4 heteroatoms. The first kappa shape index (κ1) is 45.8. The van der Waals surface area contributed by atoms with Crippen LogP contribution < -0.4 is 26.4 Å². The number of benzene rings is 5. The summed E-state index contributed by atoms with van der Waals surface area (Å²) in [6.07, 6.45) is 4.48. The lowest BCUT2D eigenvalue weighted by Crippen LogP contribution is -2.62. The summed E-state index contributed by atoms with van der Waals surface area (Å²) in [5, 5.41) is 0. The third-order valence-corrected chi connectivity index (χ3v) is 16.8. The molecule has 0 bridgehead atoms. The third-order valence-electron chi connectivity index (χ3n) is 16.8. The van der Waals surface area contributed by atoms with Gasteiger partial charge in [-0.15, -0.1) is 0 Å². The fraction of sp³-hybridized carbons (Fsp3) is 0.460. The van der Waals surface area contributed by atoms with Crippen molar-refractivity contribution in [3.8, 4) is 11.1 Å². The van der Waals surface area contributed by atoms with Crippen molar-refractivity contribution in [1.82, 2.24) is 0 Å². The molecule has 0 amide bonds. The van der Waals surface area contributed by atoms with E-state index in [1.54, 1.807) is 0 Å². The molecule has 0 spiro atoms. The van der Waals surface area contributed by atoms with Crippen molar-refractivity contribution >= 4 is 57.4 Å². The largest absolute Gasteiger partial charge is 0.472 e. The van der Waals surface area contributed by atoms with Crippen molar-refractivity contribution in [1.29, 1.82) is 0 Å². The number of anilines is 6. The molecule has 67 heavy (non-hydrogen) atoms. The minimum atomic E-state index is -0.124. The molecule has 0 radical (unpaired) electrons. The van der Waals surface area contributed by atoms with Gasteiger partial charge in [0.15, 0.2) is 0 Å². The molecule has 0 saturated carbocycles. The Hall–Kier alpha value is -4.96. The van der Waals surface area contributed by atoms with Crippen LogP contribution in [0.4, 0.5) is 34.1 Å². The van der Waals surface area contributed by atoms with E-state index in [4.69, 9.17) is 4.42 Å². The van der Waals surface area contributed by atoms with E-state index in [1.165, 1.54) is 102 Å². The summed E-state index contributed by atoms with van der Waals surface area (Å²) in [6, 6.07) is 36.3. The quantitative estimate of drug-likeness (QED) is 0.165. The molecule has 2 aliphatic carbocycles. The summed E-state index contributed by atoms with van der Waals surface area (Å²) in [5.74, 6) is 1.16. The predicted molar refractivity (Wildman–Crippen MR) is 290 cm³/mol. The van der Waals surface area contributed by atoms with Crippen LogP contribution in [-0.4, -0.2) is 6.71 Å². The number of nitrogens with zero attached hydrogens (tertiary/aromatic N) is 2. The van der Waals surface area contributed by atoms with Crippen molar-refractivity contribution in [2.45, 2.75) is 188 Å². The van der Waals surface area contributed by atoms with E-state index >= 15 is 0 Å². The number of hydrogen-bond acceptors (Lipinski definition) is 3. The zero-order valence-corrected chi connectivity index (χ0v) is 44.4. The molecule has 4 aliphatic rings. The topological polar surface area (TPSA) is 19.6 Å². The number of hydrogen-bond donors (Lipinski definition) is 0. The van der Waals surface area contributed by atoms with Crippen molar-refractivity contribution in [2.24, 2.45) is 0 Å². The Morgan fingerprint density at radius 2 is 1.00 bits per heavy atom. The highest BCUT2D eigenvalue weighted by atomic mass is 16.3. The first-order chi connectivity index (χ1) is 31.0. The highest BCUT2D eigenvalue weighted by Crippen LogP contribution is 2.58. The van der Waals surface area contributed by atoms with Gasteiger partial charge in [-0.1, -0.05) is 172 Å². The van der Waals surface area contributed by atoms with Crippen LogP contribution in [0.15, 0.2) is 95.4 Å². The van der Waals surface area contributed by atoms with Gasteiger partial charge < -0.3 is 14.2 Å². The Bertz CT molecular complexity index is 2970. The molecule has 0 saturated heterocycles. The van der Waals surface area contributed by atoms with E-state index in [9.17, 15) is 0 Å². The lowest BCUT2D eigenvalue weighted by Gasteiger charge is -2.49. The van der Waals surface area contributed by atoms with Crippen molar-refractivity contribution in [2.75, 3.05) is 9.80 Å². The van der Waals surface area contributed by atoms with Gasteiger partial charge >= 0.3 is 0 Å². The van der Waals surface area contributed by atoms with E-state index in [2.05, 4.69) is 225 Å². The molecule has 3 nitrogen and oxygen atoms in total. The Morgan fingerprint density at radius 3 is 1.58 bits per heavy atom. The monoisotopic (exact) mass is 889 g/mol. The molecule has 0 fully saturated rings. The van der Waals surface area contributed by atoms with Crippen LogP contribution in [0.25, 0.3) is 11.1 Å². The standard InChI is InChI=1S/C63H77BN2O/c1-38-35-48-52-49(36-38)66(47-30-25-42(59(8,9)10)37-44(47)39-19-21-40(22-20-39)57(2,3)4)54-51-55(63(17,18)34-33-62(51,15)16)67-56(54)64(52)46-29-28-45-50(61(13,14)32-31-60(45,11)12)53(46)65(48)43-26-23-41(24-27-43)58(5,6)7/h19-30,35-37H,31-34H2,1-18H3. The van der Waals surface area contributed by atoms with Gasteiger partial charge in [0.05, 0.1) is 17.0 Å². The van der Waals surface area contributed by atoms with Crippen LogP contribution in [0.1, 0.15) is 188 Å². The predicted octanol–water partition coefficient (Wildman–Crippen LogP) is 15.9. The molecule has 10 rings (SSSR count). The molecule has 3 heterocycles. The molecular formula is C63H77BN2O. The number of aryl methyl sites for hydroxylation is 1. The maximum absolute atomic E-state index is 7.82. The van der Waals surface area contributed by atoms with Crippen LogP contribution >= 0.6 is 0 Å². The van der Waals surface area contributed by atoms with Gasteiger partial charge in [0.1, 0.15) is 5.76 Å². The van der Waals surface area contributed by atoms with Crippen molar-refractivity contribution < 1.29 is 4.42 Å². The van der Waals surface area contributed by atoms with Crippen LogP contribution in [0, 0.1) is 6.92 Å². The minimum Gasteiger partial charge on any atom is -0.472 e. The zero-order chi connectivity index (χ0) is 48.3. The maximum atomic E-state index is 7.82. The van der Waals surface area contributed by atoms with Gasteiger partial charge in [0.25, 0.3) is 6.71 Å². The Morgan fingerprint density at radius 1 is 0.493 bits per heavy atom. The molecular weight excluding hydrogens is 812 g/mol. The van der Waals surface area contributed by atoms with Crippen LogP contribution in [0.3, 0.4) is 0 Å². The Balaban J connectivity index is 1.36. The molecule has 0 unspecified atom stereocenters. The molecule has 348 valence electrons. The van der Waals surface area contributed by atoms with E-state index in [1.807, 2.05) is 0 Å². The summed E-state index contributed by atoms with van der Waals surface area (Å²) < 4.78 is 7.82. The Kier molecular flexibility index (Phi) is 9.94. The molecule has 0 N–H and O–H groups in total. The van der Waals surface area contributed by atoms with Crippen LogP contribution in [0.5, 0.6) is 0 Å². The van der Waals surface area contributed by atoms with Crippen molar-refractivity contribution in [3.05, 3.63) is 136 Å². The maximum Gasteiger partial charge on any atom is 0.297 e. The van der Waals surface area contributed by atoms with Crippen LogP contribution in [0.2, 0.25) is 0 Å². The molecule has 2 aliphatic heterocycles. The normalized spacial score (nSPS) is 18.7. The first-order valence-corrected chi connectivity index (χ1v) is 25.5. The zero-order valence-electron chi connectivity index (χ0n) is 44.4. The third kappa shape index (κ3) is 7.11. The minimum absolute atomic E-state index is 0.0334. The van der Waals surface area contributed by atoms with E-state index in [0.717, 1.165) is 30.7 Å². The summed E-state index contributed by atoms with van der Waals surface area (Å²) in [4.78, 5) is 5.36. The summed E-state index contributed by atoms with van der Waals surface area (Å²) >= 11 is 0. The van der Waals surface area contributed by atoms with Gasteiger partial charge in [0, 0.05) is 39.3 Å². The average molecular weight is 889 g/mol. The lowest BCUT2D eigenvalue weighted by molar-refractivity contribution is 0.282. The molecule has 1 aromatic heterocycles. The van der Waals surface area contributed by atoms with Gasteiger partial charge in [-0.2, -0.15) is 0 Å². The lowest BCUT2D eigenvalue weighted by atomic mass is 9.34.